The van der Waals surface area contributed by atoms with Crippen LogP contribution in [0.25, 0.3) is 0 Å². The second kappa shape index (κ2) is 6.59. The van der Waals surface area contributed by atoms with Crippen molar-refractivity contribution in [1.29, 1.82) is 0 Å². The molecule has 112 valence electrons. The lowest BCUT2D eigenvalue weighted by Gasteiger charge is -2.24. The van der Waals surface area contributed by atoms with E-state index in [-0.39, 0.29) is 5.41 Å². The Morgan fingerprint density at radius 3 is 2.90 bits per heavy atom. The Hall–Kier alpha value is -1.06. The molecule has 0 bridgehead atoms. The smallest absolute Gasteiger partial charge is 0.0431 e. The summed E-state index contributed by atoms with van der Waals surface area (Å²) in [6, 6.07) is 6.82. The van der Waals surface area contributed by atoms with Crippen molar-refractivity contribution < 1.29 is 5.11 Å². The third-order valence-electron chi connectivity index (χ3n) is 4.22. The first-order valence-electron chi connectivity index (χ1n) is 7.66. The molecule has 20 heavy (non-hydrogen) atoms. The first-order valence-corrected chi connectivity index (χ1v) is 7.66. The monoisotopic (exact) mass is 276 g/mol. The molecule has 1 aliphatic rings. The largest absolute Gasteiger partial charge is 0.396 e. The number of aliphatic hydroxyl groups is 1. The van der Waals surface area contributed by atoms with E-state index in [1.54, 1.807) is 0 Å². The minimum absolute atomic E-state index is 0.250. The SMILES string of the molecule is CN1CCc2cc(CNCC(C)(C)CCCO)ccc21. The summed E-state index contributed by atoms with van der Waals surface area (Å²) in [6.45, 7) is 7.87. The van der Waals surface area contributed by atoms with Crippen LogP contribution in [0.1, 0.15) is 37.8 Å². The van der Waals surface area contributed by atoms with Gasteiger partial charge in [-0.15, -0.1) is 0 Å². The molecule has 1 aliphatic heterocycles. The Bertz CT molecular complexity index is 443. The maximum Gasteiger partial charge on any atom is 0.0431 e. The Balaban J connectivity index is 1.83. The molecule has 3 nitrogen and oxygen atoms in total. The molecular formula is C17H28N2O. The topological polar surface area (TPSA) is 35.5 Å². The van der Waals surface area contributed by atoms with Crippen LogP contribution in [-0.2, 0) is 13.0 Å². The molecule has 0 amide bonds. The van der Waals surface area contributed by atoms with Crippen molar-refractivity contribution in [3.05, 3.63) is 29.3 Å². The Kier molecular flexibility index (Phi) is 5.06. The number of aliphatic hydroxyl groups excluding tert-OH is 1. The second-order valence-electron chi connectivity index (χ2n) is 6.73. The number of nitrogens with one attached hydrogen (secondary N) is 1. The summed E-state index contributed by atoms with van der Waals surface area (Å²) >= 11 is 0. The lowest BCUT2D eigenvalue weighted by atomic mass is 9.88. The van der Waals surface area contributed by atoms with Gasteiger partial charge in [0.05, 0.1) is 0 Å². The average molecular weight is 276 g/mol. The zero-order chi connectivity index (χ0) is 14.6. The van der Waals surface area contributed by atoms with Crippen LogP contribution in [0.4, 0.5) is 5.69 Å². The fraction of sp³-hybridized carbons (Fsp3) is 0.647. The zero-order valence-electron chi connectivity index (χ0n) is 13.1. The van der Waals surface area contributed by atoms with E-state index in [0.717, 1.165) is 32.5 Å². The highest BCUT2D eigenvalue weighted by Gasteiger charge is 2.17. The molecule has 0 saturated carbocycles. The Morgan fingerprint density at radius 2 is 2.15 bits per heavy atom. The maximum atomic E-state index is 8.92. The van der Waals surface area contributed by atoms with Gasteiger partial charge in [-0.05, 0) is 41.9 Å². The lowest BCUT2D eigenvalue weighted by molar-refractivity contribution is 0.236. The molecule has 2 rings (SSSR count). The predicted molar refractivity (Wildman–Crippen MR) is 85.2 cm³/mol. The molecule has 0 spiro atoms. The summed E-state index contributed by atoms with van der Waals surface area (Å²) in [4.78, 5) is 2.32. The quantitative estimate of drug-likeness (QED) is 0.803. The highest BCUT2D eigenvalue weighted by atomic mass is 16.2. The normalized spacial score (nSPS) is 14.7. The Labute approximate surface area is 123 Å². The van der Waals surface area contributed by atoms with Crippen LogP contribution in [0.2, 0.25) is 0 Å². The number of likely N-dealkylation sites (N-methyl/N-ethyl adjacent to an activating group) is 1. The van der Waals surface area contributed by atoms with Gasteiger partial charge in [-0.25, -0.2) is 0 Å². The van der Waals surface area contributed by atoms with Gasteiger partial charge in [-0.2, -0.15) is 0 Å². The van der Waals surface area contributed by atoms with Gasteiger partial charge >= 0.3 is 0 Å². The van der Waals surface area contributed by atoms with Crippen LogP contribution in [0.15, 0.2) is 18.2 Å². The minimum Gasteiger partial charge on any atom is -0.396 e. The van der Waals surface area contributed by atoms with Gasteiger partial charge in [0.1, 0.15) is 0 Å². The fourth-order valence-electron chi connectivity index (χ4n) is 2.92. The van der Waals surface area contributed by atoms with Gasteiger partial charge in [-0.3, -0.25) is 0 Å². The summed E-state index contributed by atoms with van der Waals surface area (Å²) < 4.78 is 0. The fourth-order valence-corrected chi connectivity index (χ4v) is 2.92. The number of benzene rings is 1. The van der Waals surface area contributed by atoms with Crippen LogP contribution >= 0.6 is 0 Å². The first kappa shape index (κ1) is 15.3. The molecule has 0 aromatic heterocycles. The molecule has 1 aromatic carbocycles. The van der Waals surface area contributed by atoms with E-state index < -0.39 is 0 Å². The predicted octanol–water partition coefficient (Wildman–Crippen LogP) is 2.57. The number of anilines is 1. The highest BCUT2D eigenvalue weighted by Crippen LogP contribution is 2.27. The van der Waals surface area contributed by atoms with E-state index in [1.807, 2.05) is 0 Å². The molecule has 1 aromatic rings. The van der Waals surface area contributed by atoms with Gasteiger partial charge in [0.2, 0.25) is 0 Å². The maximum absolute atomic E-state index is 8.92. The van der Waals surface area contributed by atoms with E-state index in [4.69, 9.17) is 5.11 Å². The van der Waals surface area contributed by atoms with E-state index in [0.29, 0.717) is 6.61 Å². The van der Waals surface area contributed by atoms with Crippen LogP contribution < -0.4 is 10.2 Å². The van der Waals surface area contributed by atoms with E-state index in [9.17, 15) is 0 Å². The summed E-state index contributed by atoms with van der Waals surface area (Å²) in [5.41, 5.74) is 4.49. The summed E-state index contributed by atoms with van der Waals surface area (Å²) in [5, 5.41) is 12.5. The van der Waals surface area contributed by atoms with Crippen molar-refractivity contribution >= 4 is 5.69 Å². The van der Waals surface area contributed by atoms with Crippen molar-refractivity contribution in [2.24, 2.45) is 5.41 Å². The zero-order valence-corrected chi connectivity index (χ0v) is 13.1. The minimum atomic E-state index is 0.250. The third kappa shape index (κ3) is 3.97. The standard InChI is InChI=1S/C17H28N2O/c1-17(2,8-4-10-20)13-18-12-14-5-6-16-15(11-14)7-9-19(16)3/h5-6,11,18,20H,4,7-10,12-13H2,1-3H3. The van der Waals surface area contributed by atoms with Gasteiger partial charge in [0, 0.05) is 39.0 Å². The number of hydrogen-bond donors (Lipinski definition) is 2. The molecular weight excluding hydrogens is 248 g/mol. The third-order valence-corrected chi connectivity index (χ3v) is 4.22. The molecule has 1 heterocycles. The molecule has 0 saturated heterocycles. The van der Waals surface area contributed by atoms with Crippen molar-refractivity contribution in [3.63, 3.8) is 0 Å². The van der Waals surface area contributed by atoms with Gasteiger partial charge in [-0.1, -0.05) is 26.0 Å². The molecule has 0 radical (unpaired) electrons. The summed E-state index contributed by atoms with van der Waals surface area (Å²) in [5.74, 6) is 0. The van der Waals surface area contributed by atoms with E-state index >= 15 is 0 Å². The number of nitrogens with zero attached hydrogens (tertiary/aromatic N) is 1. The van der Waals surface area contributed by atoms with Gasteiger partial charge < -0.3 is 15.3 Å². The van der Waals surface area contributed by atoms with Crippen LogP contribution in [0.3, 0.4) is 0 Å². The van der Waals surface area contributed by atoms with Crippen LogP contribution in [-0.4, -0.2) is 31.9 Å². The number of rotatable bonds is 7. The second-order valence-corrected chi connectivity index (χ2v) is 6.73. The van der Waals surface area contributed by atoms with E-state index in [2.05, 4.69) is 49.3 Å². The Morgan fingerprint density at radius 1 is 1.35 bits per heavy atom. The molecule has 0 atom stereocenters. The van der Waals surface area contributed by atoms with Crippen molar-refractivity contribution in [2.45, 2.75) is 39.7 Å². The van der Waals surface area contributed by atoms with Crippen LogP contribution in [0.5, 0.6) is 0 Å². The molecule has 0 fully saturated rings. The highest BCUT2D eigenvalue weighted by molar-refractivity contribution is 5.58. The van der Waals surface area contributed by atoms with Gasteiger partial charge in [0.15, 0.2) is 0 Å². The van der Waals surface area contributed by atoms with Gasteiger partial charge in [0.25, 0.3) is 0 Å². The average Bonchev–Trinajstić information content (AvgIpc) is 2.78. The molecule has 3 heteroatoms. The number of fused-ring (bicyclic) bond motifs is 1. The molecule has 0 unspecified atom stereocenters. The van der Waals surface area contributed by atoms with Crippen LogP contribution in [0, 0.1) is 5.41 Å². The molecule has 2 N–H and O–H groups in total. The first-order chi connectivity index (χ1) is 9.52. The van der Waals surface area contributed by atoms with E-state index in [1.165, 1.54) is 23.2 Å². The molecule has 0 aliphatic carbocycles. The summed E-state index contributed by atoms with van der Waals surface area (Å²) in [6.07, 6.45) is 3.12. The van der Waals surface area contributed by atoms with Crippen molar-refractivity contribution in [2.75, 3.05) is 31.6 Å². The summed E-state index contributed by atoms with van der Waals surface area (Å²) in [7, 11) is 2.16. The van der Waals surface area contributed by atoms with Crippen molar-refractivity contribution in [1.82, 2.24) is 5.32 Å². The van der Waals surface area contributed by atoms with Crippen molar-refractivity contribution in [3.8, 4) is 0 Å². The lowest BCUT2D eigenvalue weighted by Crippen LogP contribution is -2.29. The number of hydrogen-bond acceptors (Lipinski definition) is 3.